The molecule has 9 nitrogen and oxygen atoms in total. The van der Waals surface area contributed by atoms with Gasteiger partial charge in [-0.2, -0.15) is 0 Å². The number of hydrogen-bond donors (Lipinski definition) is 4. The molecule has 1 rings (SSSR count). The average molecular weight is 323 g/mol. The van der Waals surface area contributed by atoms with Crippen LogP contribution in [0, 0.1) is 0 Å². The molecule has 0 amide bonds. The van der Waals surface area contributed by atoms with Crippen molar-refractivity contribution in [1.82, 2.24) is 14.4 Å². The standard InChI is InChI=1S/C9H17N5O4S2/c1-19(15,16)12-4-2-5-13-20(17,18)8-3-6-11-9(7-8)14-10/h3,6-7,12-13H,2,4-5,10H2,1H3,(H,11,14). The Morgan fingerprint density at radius 2 is 1.85 bits per heavy atom. The lowest BCUT2D eigenvalue weighted by atomic mass is 10.4. The summed E-state index contributed by atoms with van der Waals surface area (Å²) >= 11 is 0. The maximum atomic E-state index is 11.9. The molecule has 0 saturated heterocycles. The predicted octanol–water partition coefficient (Wildman–Crippen LogP) is -1.42. The molecule has 0 unspecified atom stereocenters. The van der Waals surface area contributed by atoms with Gasteiger partial charge in [0.05, 0.1) is 11.2 Å². The number of nitrogens with two attached hydrogens (primary N) is 1. The third-order valence-corrected chi connectivity index (χ3v) is 4.39. The molecule has 114 valence electrons. The van der Waals surface area contributed by atoms with Gasteiger partial charge >= 0.3 is 0 Å². The second-order valence-electron chi connectivity index (χ2n) is 3.94. The highest BCUT2D eigenvalue weighted by Gasteiger charge is 2.14. The van der Waals surface area contributed by atoms with E-state index < -0.39 is 20.0 Å². The third kappa shape index (κ3) is 5.79. The fourth-order valence-corrected chi connectivity index (χ4v) is 2.89. The number of rotatable bonds is 8. The average Bonchev–Trinajstić information content (AvgIpc) is 2.37. The third-order valence-electron chi connectivity index (χ3n) is 2.20. The minimum absolute atomic E-state index is 0.0246. The van der Waals surface area contributed by atoms with Crippen LogP contribution < -0.4 is 20.7 Å². The monoisotopic (exact) mass is 323 g/mol. The molecule has 5 N–H and O–H groups in total. The summed E-state index contributed by atoms with van der Waals surface area (Å²) in [6, 6.07) is 2.62. The highest BCUT2D eigenvalue weighted by Crippen LogP contribution is 2.11. The topological polar surface area (TPSA) is 143 Å². The van der Waals surface area contributed by atoms with Crippen molar-refractivity contribution in [3.8, 4) is 0 Å². The summed E-state index contributed by atoms with van der Waals surface area (Å²) in [5, 5.41) is 0. The normalized spacial score (nSPS) is 12.3. The molecule has 1 aromatic heterocycles. The first-order chi connectivity index (χ1) is 9.24. The molecule has 0 aromatic carbocycles. The predicted molar refractivity (Wildman–Crippen MR) is 74.7 cm³/mol. The first kappa shape index (κ1) is 16.8. The van der Waals surface area contributed by atoms with E-state index in [1.807, 2.05) is 0 Å². The van der Waals surface area contributed by atoms with Crippen LogP contribution in [-0.4, -0.2) is 41.2 Å². The van der Waals surface area contributed by atoms with Gasteiger partial charge in [0.25, 0.3) is 0 Å². The van der Waals surface area contributed by atoms with Crippen LogP contribution in [0.15, 0.2) is 23.2 Å². The van der Waals surface area contributed by atoms with E-state index in [4.69, 9.17) is 5.84 Å². The number of sulfonamides is 2. The van der Waals surface area contributed by atoms with Gasteiger partial charge in [0, 0.05) is 25.4 Å². The molecule has 0 radical (unpaired) electrons. The zero-order chi connectivity index (χ0) is 15.2. The molecule has 1 aromatic rings. The second kappa shape index (κ2) is 6.95. The van der Waals surface area contributed by atoms with Gasteiger partial charge < -0.3 is 5.43 Å². The Morgan fingerprint density at radius 3 is 2.45 bits per heavy atom. The lowest BCUT2D eigenvalue weighted by molar-refractivity contribution is 0.575. The van der Waals surface area contributed by atoms with Crippen molar-refractivity contribution in [1.29, 1.82) is 0 Å². The first-order valence-electron chi connectivity index (χ1n) is 5.61. The van der Waals surface area contributed by atoms with Crippen LogP contribution in [0.25, 0.3) is 0 Å². The number of hydrazine groups is 1. The van der Waals surface area contributed by atoms with E-state index in [-0.39, 0.29) is 23.8 Å². The van der Waals surface area contributed by atoms with Crippen molar-refractivity contribution in [3.63, 3.8) is 0 Å². The van der Waals surface area contributed by atoms with Crippen molar-refractivity contribution in [2.75, 3.05) is 24.8 Å². The Morgan fingerprint density at radius 1 is 1.20 bits per heavy atom. The van der Waals surface area contributed by atoms with E-state index in [1.54, 1.807) is 0 Å². The Hall–Kier alpha value is -1.27. The van der Waals surface area contributed by atoms with E-state index in [2.05, 4.69) is 19.9 Å². The summed E-state index contributed by atoms with van der Waals surface area (Å²) in [6.45, 7) is 0.270. The van der Waals surface area contributed by atoms with Crippen LogP contribution in [0.3, 0.4) is 0 Å². The van der Waals surface area contributed by atoms with E-state index in [1.165, 1.54) is 18.3 Å². The van der Waals surface area contributed by atoms with Gasteiger partial charge in [-0.3, -0.25) is 0 Å². The highest BCUT2D eigenvalue weighted by molar-refractivity contribution is 7.89. The first-order valence-corrected chi connectivity index (χ1v) is 8.99. The van der Waals surface area contributed by atoms with E-state index in [9.17, 15) is 16.8 Å². The van der Waals surface area contributed by atoms with E-state index >= 15 is 0 Å². The van der Waals surface area contributed by atoms with Gasteiger partial charge in [0.1, 0.15) is 5.82 Å². The number of nitrogens with zero attached hydrogens (tertiary/aromatic N) is 1. The maximum absolute atomic E-state index is 11.9. The van der Waals surface area contributed by atoms with Gasteiger partial charge in [-0.1, -0.05) is 0 Å². The number of nitrogen functional groups attached to an aromatic ring is 1. The highest BCUT2D eigenvalue weighted by atomic mass is 32.2. The van der Waals surface area contributed by atoms with E-state index in [0.717, 1.165) is 6.26 Å². The maximum Gasteiger partial charge on any atom is 0.240 e. The quantitative estimate of drug-likeness (QED) is 0.261. The minimum Gasteiger partial charge on any atom is -0.308 e. The smallest absolute Gasteiger partial charge is 0.240 e. The SMILES string of the molecule is CS(=O)(=O)NCCCNS(=O)(=O)c1ccnc(NN)c1. The van der Waals surface area contributed by atoms with Gasteiger partial charge in [0.15, 0.2) is 0 Å². The second-order valence-corrected chi connectivity index (χ2v) is 7.54. The molecule has 0 fully saturated rings. The van der Waals surface area contributed by atoms with Crippen molar-refractivity contribution < 1.29 is 16.8 Å². The fourth-order valence-electron chi connectivity index (χ4n) is 1.29. The van der Waals surface area contributed by atoms with Crippen LogP contribution in [-0.2, 0) is 20.0 Å². The number of aromatic nitrogens is 1. The number of pyridine rings is 1. The molecule has 0 aliphatic carbocycles. The molecule has 1 heterocycles. The number of anilines is 1. The van der Waals surface area contributed by atoms with Gasteiger partial charge in [0.2, 0.25) is 20.0 Å². The summed E-state index contributed by atoms with van der Waals surface area (Å²) in [7, 11) is -6.93. The van der Waals surface area contributed by atoms with Gasteiger partial charge in [-0.05, 0) is 12.5 Å². The molecular formula is C9H17N5O4S2. The van der Waals surface area contributed by atoms with Crippen molar-refractivity contribution in [2.24, 2.45) is 5.84 Å². The van der Waals surface area contributed by atoms with Crippen LogP contribution >= 0.6 is 0 Å². The van der Waals surface area contributed by atoms with E-state index in [0.29, 0.717) is 6.42 Å². The van der Waals surface area contributed by atoms with Gasteiger partial charge in [-0.15, -0.1) is 0 Å². The Bertz CT molecular complexity index is 644. The molecule has 0 atom stereocenters. The molecule has 20 heavy (non-hydrogen) atoms. The van der Waals surface area contributed by atoms with Crippen molar-refractivity contribution >= 4 is 25.9 Å². The van der Waals surface area contributed by atoms with Crippen LogP contribution in [0.5, 0.6) is 0 Å². The van der Waals surface area contributed by atoms with Gasteiger partial charge in [-0.25, -0.2) is 37.1 Å². The summed E-state index contributed by atoms with van der Waals surface area (Å²) in [5.41, 5.74) is 2.25. The Kier molecular flexibility index (Phi) is 5.83. The molecule has 0 saturated carbocycles. The molecule has 11 heteroatoms. The molecule has 0 spiro atoms. The van der Waals surface area contributed by atoms with Crippen LogP contribution in [0.2, 0.25) is 0 Å². The molecule has 0 aliphatic heterocycles. The fraction of sp³-hybridized carbons (Fsp3) is 0.444. The summed E-state index contributed by atoms with van der Waals surface area (Å²) in [5.74, 6) is 5.38. The summed E-state index contributed by atoms with van der Waals surface area (Å²) < 4.78 is 50.1. The molecular weight excluding hydrogens is 306 g/mol. The lowest BCUT2D eigenvalue weighted by Gasteiger charge is -2.08. The van der Waals surface area contributed by atoms with Crippen molar-refractivity contribution in [3.05, 3.63) is 18.3 Å². The Labute approximate surface area is 118 Å². The van der Waals surface area contributed by atoms with Crippen molar-refractivity contribution in [2.45, 2.75) is 11.3 Å². The number of hydrogen-bond acceptors (Lipinski definition) is 7. The van der Waals surface area contributed by atoms with Crippen LogP contribution in [0.1, 0.15) is 6.42 Å². The number of nitrogens with one attached hydrogen (secondary N) is 3. The lowest BCUT2D eigenvalue weighted by Crippen LogP contribution is -2.29. The minimum atomic E-state index is -3.67. The molecule has 0 bridgehead atoms. The summed E-state index contributed by atoms with van der Waals surface area (Å²) in [4.78, 5) is 3.83. The summed E-state index contributed by atoms with van der Waals surface area (Å²) in [6.07, 6.45) is 2.68. The van der Waals surface area contributed by atoms with Crippen LogP contribution in [0.4, 0.5) is 5.82 Å². The Balaban J connectivity index is 2.53. The largest absolute Gasteiger partial charge is 0.308 e. The zero-order valence-electron chi connectivity index (χ0n) is 10.8. The molecule has 0 aliphatic rings. The zero-order valence-corrected chi connectivity index (χ0v) is 12.5.